The second-order valence-corrected chi connectivity index (χ2v) is 22.3. The maximum atomic E-state index is 7.88. The Kier molecular flexibility index (Phi) is 10.3. The predicted octanol–water partition coefficient (Wildman–Crippen LogP) is 14.2. The monoisotopic (exact) mass is 973 g/mol. The Bertz CT molecular complexity index is 3020. The SMILES string of the molecule is CC(C)c1cc(-c2ccccc2)cc(C(C)C)c1-n1c(-c2[c-]cc3sc4ccccc4c3c2)nc2ccccc21.[2H]c1[c-]c(-c2ccc([Si](C)(C)C)cn2)cc([2H])c1C([2H])([2H])[2H].[Ir]. The van der Waals surface area contributed by atoms with Gasteiger partial charge in [-0.2, -0.15) is 11.3 Å². The van der Waals surface area contributed by atoms with Crippen molar-refractivity contribution in [3.63, 3.8) is 0 Å². The summed E-state index contributed by atoms with van der Waals surface area (Å²) in [4.78, 5) is 9.63. The number of imidazole rings is 1. The first-order valence-electron chi connectivity index (χ1n) is 22.0. The molecule has 0 N–H and O–H groups in total. The van der Waals surface area contributed by atoms with Crippen LogP contribution < -0.4 is 5.19 Å². The van der Waals surface area contributed by atoms with Gasteiger partial charge < -0.3 is 9.55 Å². The number of rotatable bonds is 7. The van der Waals surface area contributed by atoms with E-state index in [1.807, 2.05) is 29.7 Å². The minimum Gasteiger partial charge on any atom is -0.333 e. The third kappa shape index (κ3) is 8.30. The van der Waals surface area contributed by atoms with Gasteiger partial charge in [-0.05, 0) is 85.4 Å². The number of hydrogen-bond acceptors (Lipinski definition) is 3. The molecule has 3 nitrogen and oxygen atoms in total. The number of para-hydroxylation sites is 2. The summed E-state index contributed by atoms with van der Waals surface area (Å²) in [7, 11) is -1.43. The molecular weight excluding hydrogens is 919 g/mol. The Morgan fingerprint density at radius 1 is 0.724 bits per heavy atom. The first-order chi connectivity index (χ1) is 29.5. The van der Waals surface area contributed by atoms with E-state index in [4.69, 9.17) is 11.8 Å². The maximum absolute atomic E-state index is 7.88. The van der Waals surface area contributed by atoms with Crippen molar-refractivity contribution in [1.82, 2.24) is 14.5 Å². The Morgan fingerprint density at radius 2 is 1.43 bits per heavy atom. The average Bonchev–Trinajstić information content (AvgIpc) is 3.81. The van der Waals surface area contributed by atoms with Crippen molar-refractivity contribution in [3.8, 4) is 39.5 Å². The van der Waals surface area contributed by atoms with Crippen LogP contribution in [0.4, 0.5) is 0 Å². The van der Waals surface area contributed by atoms with Crippen molar-refractivity contribution in [1.29, 1.82) is 0 Å². The van der Waals surface area contributed by atoms with E-state index in [0.29, 0.717) is 23.1 Å². The molecule has 0 aliphatic heterocycles. The Morgan fingerprint density at radius 3 is 2.10 bits per heavy atom. The van der Waals surface area contributed by atoms with Crippen molar-refractivity contribution in [2.24, 2.45) is 0 Å². The molecule has 6 aromatic carbocycles. The predicted molar refractivity (Wildman–Crippen MR) is 248 cm³/mol. The maximum Gasteiger partial charge on any atom is 0.0795 e. The molecule has 1 radical (unpaired) electrons. The topological polar surface area (TPSA) is 30.7 Å². The van der Waals surface area contributed by atoms with Gasteiger partial charge in [0.15, 0.2) is 0 Å². The molecule has 0 fully saturated rings. The molecule has 0 bridgehead atoms. The molecule has 58 heavy (non-hydrogen) atoms. The second-order valence-electron chi connectivity index (χ2n) is 16.2. The quantitative estimate of drug-likeness (QED) is 0.118. The normalized spacial score (nSPS) is 13.1. The zero-order chi connectivity index (χ0) is 44.1. The molecule has 0 aliphatic rings. The molecule has 0 amide bonds. The second kappa shape index (κ2) is 17.1. The smallest absolute Gasteiger partial charge is 0.0795 e. The van der Waals surface area contributed by atoms with Gasteiger partial charge in [0.2, 0.25) is 0 Å². The molecular formula is C52H49IrN3SSi-2. The zero-order valence-electron chi connectivity index (χ0n) is 38.9. The van der Waals surface area contributed by atoms with Gasteiger partial charge in [0.1, 0.15) is 0 Å². The van der Waals surface area contributed by atoms with Crippen LogP contribution in [0.2, 0.25) is 19.6 Å². The van der Waals surface area contributed by atoms with Crippen molar-refractivity contribution >= 4 is 55.8 Å². The number of hydrogen-bond donors (Lipinski definition) is 0. The molecule has 9 aromatic rings. The van der Waals surface area contributed by atoms with Crippen LogP contribution in [-0.2, 0) is 20.1 Å². The first kappa shape index (κ1) is 35.0. The van der Waals surface area contributed by atoms with Crippen LogP contribution in [-0.4, -0.2) is 22.6 Å². The van der Waals surface area contributed by atoms with E-state index in [-0.39, 0.29) is 37.8 Å². The van der Waals surface area contributed by atoms with E-state index in [1.54, 1.807) is 0 Å². The molecule has 9 rings (SSSR count). The fraction of sp³-hybridized carbons (Fsp3) is 0.192. The minimum absolute atomic E-state index is 0. The largest absolute Gasteiger partial charge is 0.333 e. The summed E-state index contributed by atoms with van der Waals surface area (Å²) in [5, 5.41) is 3.77. The summed E-state index contributed by atoms with van der Waals surface area (Å²) in [6.07, 6.45) is 1.82. The van der Waals surface area contributed by atoms with Crippen LogP contribution in [0.5, 0.6) is 0 Å². The average molecular weight is 973 g/mol. The molecule has 0 saturated carbocycles. The van der Waals surface area contributed by atoms with Gasteiger partial charge in [-0.1, -0.05) is 132 Å². The Labute approximate surface area is 369 Å². The fourth-order valence-electron chi connectivity index (χ4n) is 7.33. The molecule has 293 valence electrons. The van der Waals surface area contributed by atoms with E-state index in [0.717, 1.165) is 22.4 Å². The first-order valence-corrected chi connectivity index (χ1v) is 23.9. The van der Waals surface area contributed by atoms with Crippen LogP contribution in [0.25, 0.3) is 70.7 Å². The third-order valence-corrected chi connectivity index (χ3v) is 13.6. The number of aromatic nitrogens is 3. The molecule has 3 aromatic heterocycles. The van der Waals surface area contributed by atoms with Crippen LogP contribution in [0, 0.1) is 19.0 Å². The molecule has 0 spiro atoms. The molecule has 0 saturated heterocycles. The van der Waals surface area contributed by atoms with Crippen molar-refractivity contribution < 1.29 is 27.0 Å². The third-order valence-electron chi connectivity index (χ3n) is 10.4. The number of pyridine rings is 1. The van der Waals surface area contributed by atoms with Crippen molar-refractivity contribution in [2.45, 2.75) is 66.0 Å². The molecule has 0 aliphatic carbocycles. The number of benzene rings is 6. The van der Waals surface area contributed by atoms with Gasteiger partial charge in [-0.25, -0.2) is 0 Å². The van der Waals surface area contributed by atoms with Crippen LogP contribution in [0.15, 0.2) is 140 Å². The molecule has 6 heteroatoms. The molecule has 3 heterocycles. The number of thiophene rings is 1. The van der Waals surface area contributed by atoms with Gasteiger partial charge in [0.25, 0.3) is 0 Å². The van der Waals surface area contributed by atoms with Crippen LogP contribution >= 0.6 is 11.3 Å². The summed E-state index contributed by atoms with van der Waals surface area (Å²) < 4.78 is 42.8. The van der Waals surface area contributed by atoms with Crippen LogP contribution in [0.3, 0.4) is 0 Å². The van der Waals surface area contributed by atoms with E-state index in [1.165, 1.54) is 59.4 Å². The van der Waals surface area contributed by atoms with Gasteiger partial charge in [0.05, 0.1) is 24.9 Å². The Hall–Kier alpha value is -4.97. The van der Waals surface area contributed by atoms with E-state index in [9.17, 15) is 0 Å². The minimum atomic E-state index is -2.47. The molecule has 0 atom stereocenters. The van der Waals surface area contributed by atoms with Crippen molar-refractivity contribution in [3.05, 3.63) is 168 Å². The van der Waals surface area contributed by atoms with E-state index >= 15 is 0 Å². The zero-order valence-corrected chi connectivity index (χ0v) is 38.1. The van der Waals surface area contributed by atoms with Gasteiger partial charge >= 0.3 is 0 Å². The standard InChI is InChI=1S/C37H31N2S.C15H18NSi.Ir/c1-23(2)29-21-27(25-12-6-5-7-13-25)22-30(24(3)4)36(29)39-33-16-10-9-15-32(33)38-37(39)26-18-19-35-31(20-26)28-14-8-11-17-34(28)40-35;1-12-5-7-13(8-6-12)15-10-9-14(11-16-15)17(2,3)4;/h5-17,19-24H,1-4H3;5-7,9-11H,1-4H3;/q2*-1;/i;1D3,5D,6D;. The summed E-state index contributed by atoms with van der Waals surface area (Å²) >= 11 is 1.82. The Balaban J connectivity index is 0.000000221. The van der Waals surface area contributed by atoms with E-state index < -0.39 is 14.9 Å². The summed E-state index contributed by atoms with van der Waals surface area (Å²) in [5.41, 5.74) is 10.4. The molecule has 0 unspecified atom stereocenters. The summed E-state index contributed by atoms with van der Waals surface area (Å²) in [6, 6.07) is 48.3. The number of nitrogens with zero attached hydrogens (tertiary/aromatic N) is 3. The van der Waals surface area contributed by atoms with Gasteiger partial charge in [0, 0.05) is 43.5 Å². The summed E-state index contributed by atoms with van der Waals surface area (Å²) in [5.74, 6) is 1.60. The summed E-state index contributed by atoms with van der Waals surface area (Å²) in [6.45, 7) is 13.4. The number of fused-ring (bicyclic) bond motifs is 4. The van der Waals surface area contributed by atoms with Crippen molar-refractivity contribution in [2.75, 3.05) is 0 Å². The van der Waals surface area contributed by atoms with E-state index in [2.05, 4.69) is 172 Å². The van der Waals surface area contributed by atoms with Gasteiger partial charge in [-0.3, -0.25) is 4.98 Å². The fourth-order valence-corrected chi connectivity index (χ4v) is 9.43. The van der Waals surface area contributed by atoms with Crippen LogP contribution in [0.1, 0.15) is 63.1 Å². The van der Waals surface area contributed by atoms with Gasteiger partial charge in [-0.15, -0.1) is 59.1 Å².